The molecule has 1 unspecified atom stereocenters. The van der Waals surface area contributed by atoms with Crippen LogP contribution in [0.25, 0.3) is 22.2 Å². The van der Waals surface area contributed by atoms with E-state index in [2.05, 4.69) is 32.1 Å². The smallest absolute Gasteiger partial charge is 0.301 e. The summed E-state index contributed by atoms with van der Waals surface area (Å²) in [6.07, 6.45) is 5.34. The van der Waals surface area contributed by atoms with Gasteiger partial charge in [-0.15, -0.1) is 0 Å². The molecule has 68 heavy (non-hydrogen) atoms. The van der Waals surface area contributed by atoms with Crippen molar-refractivity contribution in [3.8, 4) is 16.9 Å². The molecular weight excluding hydrogens is 906 g/mol. The van der Waals surface area contributed by atoms with E-state index in [0.717, 1.165) is 77.9 Å². The van der Waals surface area contributed by atoms with Crippen molar-refractivity contribution in [2.75, 3.05) is 49.4 Å². The van der Waals surface area contributed by atoms with Crippen molar-refractivity contribution in [3.05, 3.63) is 107 Å². The number of anilines is 2. The van der Waals surface area contributed by atoms with Gasteiger partial charge >= 0.3 is 10.2 Å². The van der Waals surface area contributed by atoms with Gasteiger partial charge in [-0.25, -0.2) is 18.2 Å². The lowest BCUT2D eigenvalue weighted by atomic mass is 9.86. The maximum Gasteiger partial charge on any atom is 0.301 e. The van der Waals surface area contributed by atoms with Crippen LogP contribution in [0.3, 0.4) is 0 Å². The second-order valence-corrected chi connectivity index (χ2v) is 19.9. The minimum atomic E-state index is -4.36. The van der Waals surface area contributed by atoms with Gasteiger partial charge in [0.1, 0.15) is 35.5 Å². The molecule has 16 nitrogen and oxygen atoms in total. The Bertz CT molecular complexity index is 2990. The molecule has 0 radical (unpaired) electrons. The largest absolute Gasteiger partial charge is 0.490 e. The predicted molar refractivity (Wildman–Crippen MR) is 243 cm³/mol. The van der Waals surface area contributed by atoms with Gasteiger partial charge in [0.25, 0.3) is 11.8 Å². The number of fused-ring (bicyclic) bond motifs is 2. The van der Waals surface area contributed by atoms with E-state index < -0.39 is 81.3 Å². The van der Waals surface area contributed by atoms with Crippen molar-refractivity contribution < 1.29 is 50.3 Å². The number of carbonyl (C=O) groups excluding carboxylic acids is 5. The number of ketones is 1. The van der Waals surface area contributed by atoms with Crippen molar-refractivity contribution >= 4 is 62.0 Å². The summed E-state index contributed by atoms with van der Waals surface area (Å²) in [6.45, 7) is 2.21. The van der Waals surface area contributed by atoms with Crippen molar-refractivity contribution in [2.45, 2.75) is 69.3 Å². The van der Waals surface area contributed by atoms with Crippen LogP contribution >= 0.6 is 0 Å². The highest BCUT2D eigenvalue weighted by atomic mass is 32.2. The molecule has 2 aromatic heterocycles. The molecule has 6 heterocycles. The van der Waals surface area contributed by atoms with Crippen molar-refractivity contribution in [2.24, 2.45) is 5.92 Å². The summed E-state index contributed by atoms with van der Waals surface area (Å²) in [5.74, 6) is -4.78. The average Bonchev–Trinajstić information content (AvgIpc) is 4.01. The van der Waals surface area contributed by atoms with E-state index in [-0.39, 0.29) is 48.6 Å². The molecular formula is C48H47F3N8O8S. The third kappa shape index (κ3) is 8.49. The van der Waals surface area contributed by atoms with Crippen LogP contribution < -0.4 is 19.7 Å². The lowest BCUT2D eigenvalue weighted by Crippen LogP contribution is -2.54. The summed E-state index contributed by atoms with van der Waals surface area (Å²) in [5, 5.41) is 2.53. The standard InChI is InChI=1S/C48H47F3N8O8S/c1-56(31-19-33(20-31)67-32-6-7-34-36(21-32)48(64)59(47(34)63)40-10-11-41(60)54-46(40)62)24-26-12-15-57(16-13-26)30-4-2-27(3-5-30)28-18-35-37(23-53-45(35)52-22-28)44(61)42-38(50)8-9-39(43(42)51)55-68(65,66)58-17-14-29(49)25-58/h2-9,18,21-23,26,29,31,33,40,55H,10-17,19-20,24-25H2,1H3,(H,52,53)(H,54,60,62)/t29-,31?,33?,40?/m1/s1. The molecule has 0 bridgehead atoms. The van der Waals surface area contributed by atoms with Gasteiger partial charge in [0.05, 0.1) is 22.4 Å². The Kier molecular flexibility index (Phi) is 11.8. The Morgan fingerprint density at radius 3 is 2.38 bits per heavy atom. The van der Waals surface area contributed by atoms with Gasteiger partial charge in [0.15, 0.2) is 5.82 Å². The van der Waals surface area contributed by atoms with Gasteiger partial charge in [0.2, 0.25) is 17.6 Å². The number of ether oxygens (including phenoxy) is 1. The minimum absolute atomic E-state index is 0.00311. The van der Waals surface area contributed by atoms with Gasteiger partial charge in [0, 0.05) is 92.6 Å². The van der Waals surface area contributed by atoms with Crippen LogP contribution in [0.5, 0.6) is 5.75 Å². The van der Waals surface area contributed by atoms with Gasteiger partial charge in [-0.05, 0) is 92.7 Å². The van der Waals surface area contributed by atoms with Crippen molar-refractivity contribution in [3.63, 3.8) is 0 Å². The molecule has 4 amide bonds. The molecule has 3 aromatic carbocycles. The van der Waals surface area contributed by atoms with E-state index in [1.54, 1.807) is 30.5 Å². The molecule has 2 atom stereocenters. The SMILES string of the molecule is CN(CC1CCN(c2ccc(-c3cnc4[nH]cc(C(=O)c5c(F)ccc(NS(=O)(=O)N6CC[C@@H](F)C6)c5F)c4c3)cc2)CC1)C1CC(Oc2ccc3c(c2)C(=O)N(C2CCC(=O)NC2=O)C3=O)C1. The van der Waals surface area contributed by atoms with E-state index in [1.807, 2.05) is 29.0 Å². The first kappa shape index (κ1) is 45.2. The Morgan fingerprint density at radius 2 is 1.66 bits per heavy atom. The quantitative estimate of drug-likeness (QED) is 0.0983. The lowest BCUT2D eigenvalue weighted by Gasteiger charge is -2.43. The van der Waals surface area contributed by atoms with Crippen LogP contribution in [0, 0.1) is 17.6 Å². The molecule has 1 aliphatic carbocycles. The molecule has 5 aliphatic rings. The molecule has 20 heteroatoms. The van der Waals surface area contributed by atoms with Gasteiger partial charge in [-0.2, -0.15) is 12.7 Å². The average molecular weight is 953 g/mol. The van der Waals surface area contributed by atoms with Crippen LogP contribution in [0.2, 0.25) is 0 Å². The number of pyridine rings is 1. The lowest BCUT2D eigenvalue weighted by molar-refractivity contribution is -0.136. The van der Waals surface area contributed by atoms with Gasteiger partial charge in [-0.1, -0.05) is 12.1 Å². The summed E-state index contributed by atoms with van der Waals surface area (Å²) in [5.41, 5.74) is 1.61. The predicted octanol–water partition coefficient (Wildman–Crippen LogP) is 5.60. The molecule has 4 aliphatic heterocycles. The highest BCUT2D eigenvalue weighted by Gasteiger charge is 2.45. The van der Waals surface area contributed by atoms with E-state index in [4.69, 9.17) is 4.74 Å². The highest BCUT2D eigenvalue weighted by molar-refractivity contribution is 7.90. The van der Waals surface area contributed by atoms with Crippen LogP contribution in [-0.4, -0.2) is 126 Å². The number of halogens is 3. The molecule has 10 rings (SSSR count). The number of aromatic nitrogens is 2. The summed E-state index contributed by atoms with van der Waals surface area (Å²) in [4.78, 5) is 77.1. The normalized spacial score (nSPS) is 22.5. The van der Waals surface area contributed by atoms with Crippen LogP contribution in [-0.2, 0) is 19.8 Å². The monoisotopic (exact) mass is 952 g/mol. The van der Waals surface area contributed by atoms with Crippen molar-refractivity contribution in [1.29, 1.82) is 0 Å². The van der Waals surface area contributed by atoms with E-state index in [9.17, 15) is 36.8 Å². The summed E-state index contributed by atoms with van der Waals surface area (Å²) in [6, 6.07) is 15.5. The molecule has 1 saturated carbocycles. The Hall–Kier alpha value is -6.64. The number of hydrogen-bond acceptors (Lipinski definition) is 11. The number of alkyl halides is 1. The second kappa shape index (κ2) is 17.8. The van der Waals surface area contributed by atoms with Crippen LogP contribution in [0.1, 0.15) is 81.6 Å². The Balaban J connectivity index is 0.716. The van der Waals surface area contributed by atoms with Gasteiger partial charge < -0.3 is 19.5 Å². The summed E-state index contributed by atoms with van der Waals surface area (Å²) < 4.78 is 79.3. The number of piperidine rings is 2. The zero-order valence-corrected chi connectivity index (χ0v) is 37.7. The second-order valence-electron chi connectivity index (χ2n) is 18.2. The first-order valence-electron chi connectivity index (χ1n) is 22.6. The maximum atomic E-state index is 15.8. The maximum absolute atomic E-state index is 15.8. The molecule has 4 fully saturated rings. The number of carbonyl (C=O) groups is 5. The molecule has 5 aromatic rings. The number of hydrogen-bond donors (Lipinski definition) is 3. The third-order valence-corrected chi connectivity index (χ3v) is 15.4. The third-order valence-electron chi connectivity index (χ3n) is 13.9. The van der Waals surface area contributed by atoms with Crippen molar-refractivity contribution in [1.82, 2.24) is 29.4 Å². The van der Waals surface area contributed by atoms with Crippen LogP contribution in [0.15, 0.2) is 73.1 Å². The number of rotatable bonds is 13. The summed E-state index contributed by atoms with van der Waals surface area (Å²) >= 11 is 0. The number of aromatic amines is 1. The summed E-state index contributed by atoms with van der Waals surface area (Å²) in [7, 11) is -2.23. The van der Waals surface area contributed by atoms with E-state index in [0.29, 0.717) is 34.3 Å². The topological polar surface area (TPSA) is 194 Å². The fourth-order valence-electron chi connectivity index (χ4n) is 9.94. The zero-order valence-electron chi connectivity index (χ0n) is 36.8. The number of imide groups is 2. The molecule has 3 saturated heterocycles. The molecule has 0 spiro atoms. The Morgan fingerprint density at radius 1 is 0.912 bits per heavy atom. The Labute approximate surface area is 389 Å². The minimum Gasteiger partial charge on any atom is -0.490 e. The van der Waals surface area contributed by atoms with E-state index >= 15 is 8.78 Å². The van der Waals surface area contributed by atoms with E-state index in [1.165, 1.54) is 6.20 Å². The number of nitrogens with one attached hydrogen (secondary N) is 3. The first-order chi connectivity index (χ1) is 32.6. The number of benzene rings is 3. The fourth-order valence-corrected chi connectivity index (χ4v) is 11.2. The highest BCUT2D eigenvalue weighted by Crippen LogP contribution is 2.36. The zero-order chi connectivity index (χ0) is 47.6. The number of nitrogens with zero attached hydrogens (tertiary/aromatic N) is 5. The van der Waals surface area contributed by atoms with Crippen LogP contribution in [0.4, 0.5) is 24.5 Å². The number of amides is 4. The molecule has 354 valence electrons. The fraction of sp³-hybridized carbons (Fsp3) is 0.375. The molecule has 3 N–H and O–H groups in total. The van der Waals surface area contributed by atoms with Gasteiger partial charge in [-0.3, -0.25) is 38.9 Å². The first-order valence-corrected chi connectivity index (χ1v) is 24.1. The number of H-pyrrole nitrogens is 1.